The van der Waals surface area contributed by atoms with E-state index in [1.807, 2.05) is 30.3 Å². The third-order valence-electron chi connectivity index (χ3n) is 2.74. The first kappa shape index (κ1) is 17.5. The van der Waals surface area contributed by atoms with E-state index in [2.05, 4.69) is 5.32 Å². The highest BCUT2D eigenvalue weighted by Gasteiger charge is 2.19. The molecule has 0 aliphatic carbocycles. The van der Waals surface area contributed by atoms with Gasteiger partial charge in [-0.1, -0.05) is 30.3 Å². The number of esters is 1. The maximum atomic E-state index is 11.6. The maximum absolute atomic E-state index is 11.6. The van der Waals surface area contributed by atoms with Gasteiger partial charge in [-0.05, 0) is 12.5 Å². The lowest BCUT2D eigenvalue weighted by atomic mass is 10.2. The summed E-state index contributed by atoms with van der Waals surface area (Å²) in [6.45, 7) is 1.19. The second-order valence-electron chi connectivity index (χ2n) is 4.82. The Morgan fingerprint density at radius 3 is 2.36 bits per heavy atom. The minimum atomic E-state index is -0.904. The number of amides is 2. The van der Waals surface area contributed by atoms with Gasteiger partial charge >= 0.3 is 12.1 Å². The summed E-state index contributed by atoms with van der Waals surface area (Å²) in [6.07, 6.45) is -0.729. The Morgan fingerprint density at radius 1 is 1.14 bits per heavy atom. The molecule has 7 heteroatoms. The topological polar surface area (TPSA) is 84.9 Å². The van der Waals surface area contributed by atoms with Gasteiger partial charge in [-0.2, -0.15) is 0 Å². The highest BCUT2D eigenvalue weighted by atomic mass is 16.6. The van der Waals surface area contributed by atoms with Crippen molar-refractivity contribution in [2.45, 2.75) is 19.6 Å². The molecule has 120 valence electrons. The van der Waals surface area contributed by atoms with Crippen molar-refractivity contribution in [1.29, 1.82) is 0 Å². The molecule has 1 atom stereocenters. The maximum Gasteiger partial charge on any atom is 0.408 e. The molecule has 0 bridgehead atoms. The monoisotopic (exact) mass is 308 g/mol. The first-order chi connectivity index (χ1) is 10.4. The number of benzene rings is 1. The number of hydrogen-bond donors (Lipinski definition) is 1. The standard InChI is InChI=1S/C15H20N2O5/c1-11(14(19)21-10-13(18)17(2)3)16-15(20)22-9-12-7-5-4-6-8-12/h4-8,11H,9-10H2,1-3H3,(H,16,20)/t11-/m0/s1. The lowest BCUT2D eigenvalue weighted by Gasteiger charge is -2.15. The molecule has 2 amide bonds. The Morgan fingerprint density at radius 2 is 1.77 bits per heavy atom. The van der Waals surface area contributed by atoms with Crippen molar-refractivity contribution in [2.75, 3.05) is 20.7 Å². The smallest absolute Gasteiger partial charge is 0.408 e. The number of nitrogens with zero attached hydrogens (tertiary/aromatic N) is 1. The van der Waals surface area contributed by atoms with E-state index in [9.17, 15) is 14.4 Å². The summed E-state index contributed by atoms with van der Waals surface area (Å²) in [7, 11) is 3.11. The fourth-order valence-corrected chi connectivity index (χ4v) is 1.39. The Kier molecular flexibility index (Phi) is 6.88. The Labute approximate surface area is 129 Å². The second kappa shape index (κ2) is 8.66. The third kappa shape index (κ3) is 6.25. The van der Waals surface area contributed by atoms with E-state index in [1.54, 1.807) is 14.1 Å². The van der Waals surface area contributed by atoms with Crippen LogP contribution in [0, 0.1) is 0 Å². The summed E-state index contributed by atoms with van der Waals surface area (Å²) in [5, 5.41) is 2.34. The summed E-state index contributed by atoms with van der Waals surface area (Å²) in [4.78, 5) is 35.8. The largest absolute Gasteiger partial charge is 0.454 e. The van der Waals surface area contributed by atoms with Crippen LogP contribution in [0.15, 0.2) is 30.3 Å². The molecule has 0 saturated heterocycles. The molecule has 0 unspecified atom stereocenters. The highest BCUT2D eigenvalue weighted by molar-refractivity contribution is 5.84. The van der Waals surface area contributed by atoms with E-state index in [0.29, 0.717) is 0 Å². The van der Waals surface area contributed by atoms with Gasteiger partial charge in [-0.25, -0.2) is 9.59 Å². The number of alkyl carbamates (subject to hydrolysis) is 1. The average molecular weight is 308 g/mol. The zero-order valence-corrected chi connectivity index (χ0v) is 12.9. The Hall–Kier alpha value is -2.57. The van der Waals surface area contributed by atoms with Crippen LogP contribution >= 0.6 is 0 Å². The number of rotatable bonds is 6. The molecule has 0 fully saturated rings. The zero-order chi connectivity index (χ0) is 16.5. The van der Waals surface area contributed by atoms with Gasteiger partial charge in [0.2, 0.25) is 0 Å². The minimum absolute atomic E-state index is 0.105. The normalized spacial score (nSPS) is 11.2. The fraction of sp³-hybridized carbons (Fsp3) is 0.400. The van der Waals surface area contributed by atoms with Crippen LogP contribution in [-0.2, 0) is 25.7 Å². The van der Waals surface area contributed by atoms with Crippen molar-refractivity contribution in [1.82, 2.24) is 10.2 Å². The number of likely N-dealkylation sites (N-methyl/N-ethyl adjacent to an activating group) is 1. The van der Waals surface area contributed by atoms with Crippen LogP contribution in [0.5, 0.6) is 0 Å². The van der Waals surface area contributed by atoms with Gasteiger partial charge in [-0.15, -0.1) is 0 Å². The lowest BCUT2D eigenvalue weighted by molar-refractivity contribution is -0.152. The Balaban J connectivity index is 2.31. The van der Waals surface area contributed by atoms with Gasteiger partial charge in [0.25, 0.3) is 5.91 Å². The van der Waals surface area contributed by atoms with E-state index in [1.165, 1.54) is 11.8 Å². The third-order valence-corrected chi connectivity index (χ3v) is 2.74. The van der Waals surface area contributed by atoms with Crippen LogP contribution in [-0.4, -0.2) is 49.6 Å². The molecule has 7 nitrogen and oxygen atoms in total. The number of carbonyl (C=O) groups excluding carboxylic acids is 3. The molecule has 0 aliphatic heterocycles. The zero-order valence-electron chi connectivity index (χ0n) is 12.9. The minimum Gasteiger partial charge on any atom is -0.454 e. The first-order valence-corrected chi connectivity index (χ1v) is 6.74. The number of nitrogens with one attached hydrogen (secondary N) is 1. The molecule has 1 rings (SSSR count). The number of hydrogen-bond acceptors (Lipinski definition) is 5. The molecule has 0 aliphatic rings. The van der Waals surface area contributed by atoms with E-state index >= 15 is 0 Å². The van der Waals surface area contributed by atoms with E-state index in [-0.39, 0.29) is 19.1 Å². The van der Waals surface area contributed by atoms with Gasteiger partial charge in [0.15, 0.2) is 6.61 Å². The molecule has 1 aromatic rings. The first-order valence-electron chi connectivity index (χ1n) is 6.74. The second-order valence-corrected chi connectivity index (χ2v) is 4.82. The number of carbonyl (C=O) groups is 3. The fourth-order valence-electron chi connectivity index (χ4n) is 1.39. The van der Waals surface area contributed by atoms with Crippen LogP contribution in [0.25, 0.3) is 0 Å². The molecule has 0 saturated carbocycles. The van der Waals surface area contributed by atoms with Crippen molar-refractivity contribution >= 4 is 18.0 Å². The Bertz CT molecular complexity index is 516. The highest BCUT2D eigenvalue weighted by Crippen LogP contribution is 2.01. The summed E-state index contributed by atoms with van der Waals surface area (Å²) in [6, 6.07) is 8.25. The molecule has 0 radical (unpaired) electrons. The van der Waals surface area contributed by atoms with Crippen molar-refractivity contribution in [2.24, 2.45) is 0 Å². The van der Waals surface area contributed by atoms with Crippen molar-refractivity contribution in [3.63, 3.8) is 0 Å². The molecule has 0 heterocycles. The molecule has 22 heavy (non-hydrogen) atoms. The summed E-state index contributed by atoms with van der Waals surface area (Å²) < 4.78 is 9.77. The molecular weight excluding hydrogens is 288 g/mol. The van der Waals surface area contributed by atoms with Crippen LogP contribution < -0.4 is 5.32 Å². The van der Waals surface area contributed by atoms with Gasteiger partial charge in [0, 0.05) is 14.1 Å². The molecule has 0 aromatic heterocycles. The molecule has 0 spiro atoms. The van der Waals surface area contributed by atoms with Crippen LogP contribution in [0.1, 0.15) is 12.5 Å². The van der Waals surface area contributed by atoms with Gasteiger partial charge in [0.05, 0.1) is 0 Å². The SMILES string of the molecule is C[C@H](NC(=O)OCc1ccccc1)C(=O)OCC(=O)N(C)C. The molecular formula is C15H20N2O5. The van der Waals surface area contributed by atoms with Crippen molar-refractivity contribution in [3.8, 4) is 0 Å². The van der Waals surface area contributed by atoms with Crippen LogP contribution in [0.3, 0.4) is 0 Å². The predicted octanol–water partition coefficient (Wildman–Crippen LogP) is 0.933. The lowest BCUT2D eigenvalue weighted by Crippen LogP contribution is -2.41. The number of ether oxygens (including phenoxy) is 2. The van der Waals surface area contributed by atoms with Gasteiger partial charge in [0.1, 0.15) is 12.6 Å². The van der Waals surface area contributed by atoms with Crippen molar-refractivity contribution in [3.05, 3.63) is 35.9 Å². The summed E-state index contributed by atoms with van der Waals surface area (Å²) >= 11 is 0. The van der Waals surface area contributed by atoms with E-state index < -0.39 is 18.1 Å². The summed E-state index contributed by atoms with van der Waals surface area (Å²) in [5.74, 6) is -1.04. The van der Waals surface area contributed by atoms with Crippen LogP contribution in [0.2, 0.25) is 0 Å². The average Bonchev–Trinajstić information content (AvgIpc) is 2.51. The predicted molar refractivity (Wildman–Crippen MR) is 78.9 cm³/mol. The van der Waals surface area contributed by atoms with E-state index in [4.69, 9.17) is 9.47 Å². The van der Waals surface area contributed by atoms with Crippen molar-refractivity contribution < 1.29 is 23.9 Å². The van der Waals surface area contributed by atoms with E-state index in [0.717, 1.165) is 5.56 Å². The van der Waals surface area contributed by atoms with Crippen LogP contribution in [0.4, 0.5) is 4.79 Å². The van der Waals surface area contributed by atoms with Gasteiger partial charge in [-0.3, -0.25) is 4.79 Å². The molecule has 1 N–H and O–H groups in total. The molecule has 1 aromatic carbocycles. The van der Waals surface area contributed by atoms with Gasteiger partial charge < -0.3 is 19.7 Å². The summed E-state index contributed by atoms with van der Waals surface area (Å²) in [5.41, 5.74) is 0.837. The quantitative estimate of drug-likeness (QED) is 0.790.